The molecule has 0 fully saturated rings. The lowest BCUT2D eigenvalue weighted by atomic mass is 10.1. The van der Waals surface area contributed by atoms with E-state index in [0.717, 1.165) is 29.9 Å². The zero-order valence-electron chi connectivity index (χ0n) is 10.6. The molecule has 2 rings (SSSR count). The van der Waals surface area contributed by atoms with Crippen LogP contribution in [0.3, 0.4) is 0 Å². The maximum atomic E-state index is 10.9. The van der Waals surface area contributed by atoms with Crippen LogP contribution in [0.25, 0.3) is 10.9 Å². The van der Waals surface area contributed by atoms with Gasteiger partial charge in [0.25, 0.3) is 0 Å². The summed E-state index contributed by atoms with van der Waals surface area (Å²) < 4.78 is 0. The molecule has 0 amide bonds. The number of carboxylic acids is 1. The number of benzene rings is 1. The van der Waals surface area contributed by atoms with E-state index in [1.807, 2.05) is 11.8 Å². The lowest BCUT2D eigenvalue weighted by Gasteiger charge is -2.08. The molecule has 6 heteroatoms. The van der Waals surface area contributed by atoms with Crippen molar-refractivity contribution < 1.29 is 9.90 Å². The topological polar surface area (TPSA) is 75.1 Å². The lowest BCUT2D eigenvalue weighted by molar-refractivity contribution is 0.0697. The van der Waals surface area contributed by atoms with Crippen LogP contribution < -0.4 is 5.32 Å². The molecule has 1 aromatic heterocycles. The molecule has 0 spiro atoms. The van der Waals surface area contributed by atoms with Gasteiger partial charge in [0.05, 0.1) is 11.1 Å². The largest absolute Gasteiger partial charge is 0.478 e. The Bertz CT molecular complexity index is 589. The summed E-state index contributed by atoms with van der Waals surface area (Å²) in [6.45, 7) is 0.841. The molecule has 1 aromatic carbocycles. The number of carbonyl (C=O) groups is 1. The van der Waals surface area contributed by atoms with Crippen LogP contribution >= 0.6 is 11.8 Å². The molecule has 2 aromatic rings. The Labute approximate surface area is 115 Å². The fourth-order valence-corrected chi connectivity index (χ4v) is 2.19. The first kappa shape index (κ1) is 13.6. The standard InChI is InChI=1S/C13H15N3O2S/c1-19-6-2-5-14-12-10-4-3-9(13(17)18)7-11(10)15-8-16-12/h3-4,7-8H,2,5-6H2,1H3,(H,17,18)(H,14,15,16). The fraction of sp³-hybridized carbons (Fsp3) is 0.308. The number of rotatable bonds is 6. The van der Waals surface area contributed by atoms with Gasteiger partial charge in [0, 0.05) is 11.9 Å². The summed E-state index contributed by atoms with van der Waals surface area (Å²) in [6.07, 6.45) is 4.58. The number of carboxylic acid groups (broad SMARTS) is 1. The maximum Gasteiger partial charge on any atom is 0.335 e. The minimum absolute atomic E-state index is 0.236. The van der Waals surface area contributed by atoms with E-state index in [0.29, 0.717) is 5.52 Å². The number of thioether (sulfide) groups is 1. The molecule has 0 aliphatic rings. The van der Waals surface area contributed by atoms with Crippen molar-refractivity contribution >= 4 is 34.5 Å². The van der Waals surface area contributed by atoms with Gasteiger partial charge in [0.2, 0.25) is 0 Å². The zero-order chi connectivity index (χ0) is 13.7. The molecule has 0 aliphatic carbocycles. The Morgan fingerprint density at radius 3 is 3.00 bits per heavy atom. The summed E-state index contributed by atoms with van der Waals surface area (Å²) >= 11 is 1.81. The van der Waals surface area contributed by atoms with Crippen molar-refractivity contribution in [1.29, 1.82) is 0 Å². The average Bonchev–Trinajstić information content (AvgIpc) is 2.43. The molecule has 0 saturated heterocycles. The third-order valence-corrected chi connectivity index (χ3v) is 3.40. The van der Waals surface area contributed by atoms with Gasteiger partial charge < -0.3 is 10.4 Å². The Morgan fingerprint density at radius 1 is 1.42 bits per heavy atom. The minimum Gasteiger partial charge on any atom is -0.478 e. The predicted octanol–water partition coefficient (Wildman–Crippen LogP) is 2.49. The van der Waals surface area contributed by atoms with E-state index in [1.165, 1.54) is 6.33 Å². The van der Waals surface area contributed by atoms with Crippen molar-refractivity contribution in [3.05, 3.63) is 30.1 Å². The highest BCUT2D eigenvalue weighted by Crippen LogP contribution is 2.20. The van der Waals surface area contributed by atoms with Crippen molar-refractivity contribution in [1.82, 2.24) is 9.97 Å². The molecule has 0 radical (unpaired) electrons. The number of fused-ring (bicyclic) bond motifs is 1. The molecular formula is C13H15N3O2S. The minimum atomic E-state index is -0.949. The molecule has 0 saturated carbocycles. The highest BCUT2D eigenvalue weighted by Gasteiger charge is 2.07. The first-order chi connectivity index (χ1) is 9.22. The van der Waals surface area contributed by atoms with Crippen LogP contribution in [0.4, 0.5) is 5.82 Å². The van der Waals surface area contributed by atoms with Crippen LogP contribution in [0, 0.1) is 0 Å². The van der Waals surface area contributed by atoms with Gasteiger partial charge in [-0.1, -0.05) is 0 Å². The quantitative estimate of drug-likeness (QED) is 0.790. The number of hydrogen-bond acceptors (Lipinski definition) is 5. The summed E-state index contributed by atoms with van der Waals surface area (Å²) in [6, 6.07) is 4.88. The normalized spacial score (nSPS) is 10.6. The van der Waals surface area contributed by atoms with Gasteiger partial charge in [0.15, 0.2) is 0 Å². The van der Waals surface area contributed by atoms with Gasteiger partial charge in [-0.25, -0.2) is 14.8 Å². The second-order valence-corrected chi connectivity index (χ2v) is 5.02. The molecule has 0 unspecified atom stereocenters. The second kappa shape index (κ2) is 6.38. The van der Waals surface area contributed by atoms with E-state index in [1.54, 1.807) is 18.2 Å². The Kier molecular flexibility index (Phi) is 4.57. The summed E-state index contributed by atoms with van der Waals surface area (Å²) in [5.74, 6) is 0.900. The van der Waals surface area contributed by atoms with Crippen molar-refractivity contribution in [3.63, 3.8) is 0 Å². The van der Waals surface area contributed by atoms with Gasteiger partial charge in [-0.3, -0.25) is 0 Å². The molecule has 0 bridgehead atoms. The number of aromatic carboxylic acids is 1. The van der Waals surface area contributed by atoms with Crippen LogP contribution in [0.1, 0.15) is 16.8 Å². The van der Waals surface area contributed by atoms with Crippen LogP contribution in [0.5, 0.6) is 0 Å². The maximum absolute atomic E-state index is 10.9. The van der Waals surface area contributed by atoms with Crippen molar-refractivity contribution in [3.8, 4) is 0 Å². The van der Waals surface area contributed by atoms with Gasteiger partial charge >= 0.3 is 5.97 Å². The SMILES string of the molecule is CSCCCNc1ncnc2cc(C(=O)O)ccc12. The lowest BCUT2D eigenvalue weighted by Crippen LogP contribution is -2.05. The number of nitrogens with zero attached hydrogens (tertiary/aromatic N) is 2. The van der Waals surface area contributed by atoms with Crippen molar-refractivity contribution in [2.24, 2.45) is 0 Å². The summed E-state index contributed by atoms with van der Waals surface area (Å²) in [7, 11) is 0. The summed E-state index contributed by atoms with van der Waals surface area (Å²) in [4.78, 5) is 19.2. The molecule has 5 nitrogen and oxygen atoms in total. The van der Waals surface area contributed by atoms with E-state index in [9.17, 15) is 4.79 Å². The molecule has 2 N–H and O–H groups in total. The third kappa shape index (κ3) is 3.35. The van der Waals surface area contributed by atoms with Crippen LogP contribution in [0.15, 0.2) is 24.5 Å². The fourth-order valence-electron chi connectivity index (χ4n) is 1.75. The van der Waals surface area contributed by atoms with E-state index in [4.69, 9.17) is 5.11 Å². The zero-order valence-corrected chi connectivity index (χ0v) is 11.4. The molecular weight excluding hydrogens is 262 g/mol. The summed E-state index contributed by atoms with van der Waals surface area (Å²) in [5.41, 5.74) is 0.877. The highest BCUT2D eigenvalue weighted by atomic mass is 32.2. The van der Waals surface area contributed by atoms with E-state index in [2.05, 4.69) is 21.5 Å². The predicted molar refractivity (Wildman–Crippen MR) is 78.0 cm³/mol. The highest BCUT2D eigenvalue weighted by molar-refractivity contribution is 7.98. The first-order valence-corrected chi connectivity index (χ1v) is 7.32. The Hall–Kier alpha value is -1.82. The first-order valence-electron chi connectivity index (χ1n) is 5.93. The van der Waals surface area contributed by atoms with Gasteiger partial charge in [-0.05, 0) is 36.6 Å². The number of aromatic nitrogens is 2. The Morgan fingerprint density at radius 2 is 2.26 bits per heavy atom. The number of nitrogens with one attached hydrogen (secondary N) is 1. The molecule has 19 heavy (non-hydrogen) atoms. The number of anilines is 1. The molecule has 0 aliphatic heterocycles. The third-order valence-electron chi connectivity index (χ3n) is 2.70. The van der Waals surface area contributed by atoms with Crippen LogP contribution in [-0.4, -0.2) is 39.6 Å². The van der Waals surface area contributed by atoms with Crippen LogP contribution in [0.2, 0.25) is 0 Å². The van der Waals surface area contributed by atoms with Crippen molar-refractivity contribution in [2.45, 2.75) is 6.42 Å². The van der Waals surface area contributed by atoms with Crippen molar-refractivity contribution in [2.75, 3.05) is 23.9 Å². The molecule has 100 valence electrons. The second-order valence-electron chi connectivity index (χ2n) is 4.03. The van der Waals surface area contributed by atoms with E-state index >= 15 is 0 Å². The van der Waals surface area contributed by atoms with Crippen LogP contribution in [-0.2, 0) is 0 Å². The molecule has 1 heterocycles. The van der Waals surface area contributed by atoms with Gasteiger partial charge in [-0.2, -0.15) is 11.8 Å². The van der Waals surface area contributed by atoms with Gasteiger partial charge in [0.1, 0.15) is 12.1 Å². The summed E-state index contributed by atoms with van der Waals surface area (Å²) in [5, 5.41) is 13.1. The monoisotopic (exact) mass is 277 g/mol. The van der Waals surface area contributed by atoms with E-state index < -0.39 is 5.97 Å². The van der Waals surface area contributed by atoms with E-state index in [-0.39, 0.29) is 5.56 Å². The Balaban J connectivity index is 2.22. The smallest absolute Gasteiger partial charge is 0.335 e. The number of hydrogen-bond donors (Lipinski definition) is 2. The van der Waals surface area contributed by atoms with Gasteiger partial charge in [-0.15, -0.1) is 0 Å². The average molecular weight is 277 g/mol. The molecule has 0 atom stereocenters.